The van der Waals surface area contributed by atoms with Gasteiger partial charge in [0.25, 0.3) is 0 Å². The maximum atomic E-state index is 12.2. The topological polar surface area (TPSA) is 12.5 Å². The maximum Gasteiger partial charge on any atom is 0.387 e. The van der Waals surface area contributed by atoms with Gasteiger partial charge in [0, 0.05) is 12.6 Å². The fourth-order valence-electron chi connectivity index (χ4n) is 2.46. The Labute approximate surface area is 120 Å². The Kier molecular flexibility index (Phi) is 5.16. The number of alkyl halides is 2. The Morgan fingerprint density at radius 3 is 2.84 bits per heavy atom. The van der Waals surface area contributed by atoms with Crippen molar-refractivity contribution in [3.8, 4) is 5.75 Å². The summed E-state index contributed by atoms with van der Waals surface area (Å²) in [6.07, 6.45) is 3.76. The SMILES string of the molecule is CC1CCCCN1Cc1ccc(OC(F)F)c(Br)c1. The van der Waals surface area contributed by atoms with Crippen LogP contribution >= 0.6 is 15.9 Å². The normalized spacial score (nSPS) is 20.8. The van der Waals surface area contributed by atoms with E-state index < -0.39 is 6.61 Å². The molecule has 106 valence electrons. The van der Waals surface area contributed by atoms with Crippen molar-refractivity contribution in [2.24, 2.45) is 0 Å². The molecule has 0 bridgehead atoms. The summed E-state index contributed by atoms with van der Waals surface area (Å²) in [7, 11) is 0. The molecule has 1 aromatic carbocycles. The van der Waals surface area contributed by atoms with Crippen LogP contribution in [0.1, 0.15) is 31.7 Å². The number of benzene rings is 1. The molecule has 1 heterocycles. The molecule has 0 spiro atoms. The molecule has 1 aromatic rings. The van der Waals surface area contributed by atoms with Crippen LogP contribution in [0.25, 0.3) is 0 Å². The third-order valence-corrected chi connectivity index (χ3v) is 4.16. The van der Waals surface area contributed by atoms with Gasteiger partial charge in [-0.25, -0.2) is 0 Å². The molecule has 19 heavy (non-hydrogen) atoms. The van der Waals surface area contributed by atoms with Crippen molar-refractivity contribution in [3.63, 3.8) is 0 Å². The molecule has 1 atom stereocenters. The summed E-state index contributed by atoms with van der Waals surface area (Å²) in [5, 5.41) is 0. The smallest absolute Gasteiger partial charge is 0.387 e. The van der Waals surface area contributed by atoms with E-state index in [4.69, 9.17) is 0 Å². The van der Waals surface area contributed by atoms with E-state index in [0.29, 0.717) is 10.5 Å². The van der Waals surface area contributed by atoms with E-state index in [0.717, 1.165) is 18.7 Å². The minimum absolute atomic E-state index is 0.186. The van der Waals surface area contributed by atoms with Crippen LogP contribution in [-0.4, -0.2) is 24.1 Å². The van der Waals surface area contributed by atoms with Gasteiger partial charge in [-0.15, -0.1) is 0 Å². The molecule has 1 unspecified atom stereocenters. The van der Waals surface area contributed by atoms with E-state index >= 15 is 0 Å². The highest BCUT2D eigenvalue weighted by Gasteiger charge is 2.18. The van der Waals surface area contributed by atoms with Gasteiger partial charge in [0.1, 0.15) is 5.75 Å². The summed E-state index contributed by atoms with van der Waals surface area (Å²) >= 11 is 3.28. The van der Waals surface area contributed by atoms with Crippen molar-refractivity contribution in [2.75, 3.05) is 6.54 Å². The third kappa shape index (κ3) is 4.14. The second-order valence-corrected chi connectivity index (χ2v) is 5.81. The van der Waals surface area contributed by atoms with Crippen molar-refractivity contribution in [3.05, 3.63) is 28.2 Å². The van der Waals surface area contributed by atoms with E-state index in [-0.39, 0.29) is 5.75 Å². The number of piperidine rings is 1. The molecule has 1 fully saturated rings. The summed E-state index contributed by atoms with van der Waals surface area (Å²) in [5.41, 5.74) is 1.11. The van der Waals surface area contributed by atoms with Gasteiger partial charge in [-0.2, -0.15) is 8.78 Å². The number of likely N-dealkylation sites (tertiary alicyclic amines) is 1. The van der Waals surface area contributed by atoms with Crippen LogP contribution in [0.3, 0.4) is 0 Å². The van der Waals surface area contributed by atoms with Gasteiger partial charge < -0.3 is 4.74 Å². The Balaban J connectivity index is 2.03. The highest BCUT2D eigenvalue weighted by Crippen LogP contribution is 2.28. The summed E-state index contributed by atoms with van der Waals surface area (Å²) in [6.45, 7) is 1.41. The van der Waals surface area contributed by atoms with Gasteiger partial charge in [-0.1, -0.05) is 12.5 Å². The van der Waals surface area contributed by atoms with E-state index in [1.165, 1.54) is 19.3 Å². The Morgan fingerprint density at radius 1 is 1.42 bits per heavy atom. The highest BCUT2D eigenvalue weighted by atomic mass is 79.9. The fourth-order valence-corrected chi connectivity index (χ4v) is 2.98. The summed E-state index contributed by atoms with van der Waals surface area (Å²) < 4.78 is 29.3. The maximum absolute atomic E-state index is 12.2. The largest absolute Gasteiger partial charge is 0.434 e. The molecule has 0 aliphatic carbocycles. The Bertz CT molecular complexity index is 428. The van der Waals surface area contributed by atoms with Gasteiger partial charge in [-0.05, 0) is 59.9 Å². The minimum Gasteiger partial charge on any atom is -0.434 e. The van der Waals surface area contributed by atoms with E-state index in [1.54, 1.807) is 6.07 Å². The zero-order valence-corrected chi connectivity index (χ0v) is 12.5. The van der Waals surface area contributed by atoms with Crippen molar-refractivity contribution in [1.82, 2.24) is 4.90 Å². The molecule has 0 radical (unpaired) electrons. The summed E-state index contributed by atoms with van der Waals surface area (Å²) in [5.74, 6) is 0.186. The lowest BCUT2D eigenvalue weighted by molar-refractivity contribution is -0.0503. The molecule has 0 N–H and O–H groups in total. The molecular formula is C14H18BrF2NO. The van der Waals surface area contributed by atoms with Crippen LogP contribution in [0.4, 0.5) is 8.78 Å². The molecular weight excluding hydrogens is 316 g/mol. The van der Waals surface area contributed by atoms with Crippen LogP contribution in [0.15, 0.2) is 22.7 Å². The molecule has 5 heteroatoms. The monoisotopic (exact) mass is 333 g/mol. The van der Waals surface area contributed by atoms with Gasteiger partial charge in [-0.3, -0.25) is 4.90 Å². The number of halogens is 3. The lowest BCUT2D eigenvalue weighted by Gasteiger charge is -2.33. The van der Waals surface area contributed by atoms with Crippen molar-refractivity contribution >= 4 is 15.9 Å². The first-order valence-corrected chi connectivity index (χ1v) is 7.33. The lowest BCUT2D eigenvalue weighted by Crippen LogP contribution is -2.36. The molecule has 0 saturated carbocycles. The first-order valence-electron chi connectivity index (χ1n) is 6.53. The summed E-state index contributed by atoms with van der Waals surface area (Å²) in [6, 6.07) is 5.90. The highest BCUT2D eigenvalue weighted by molar-refractivity contribution is 9.10. The molecule has 1 saturated heterocycles. The molecule has 0 amide bonds. The van der Waals surface area contributed by atoms with Gasteiger partial charge in [0.2, 0.25) is 0 Å². The Morgan fingerprint density at radius 2 is 2.21 bits per heavy atom. The molecule has 2 rings (SSSR count). The van der Waals surface area contributed by atoms with Gasteiger partial charge >= 0.3 is 6.61 Å². The van der Waals surface area contributed by atoms with E-state index in [1.807, 2.05) is 12.1 Å². The van der Waals surface area contributed by atoms with Crippen LogP contribution in [0, 0.1) is 0 Å². The van der Waals surface area contributed by atoms with Crippen molar-refractivity contribution in [1.29, 1.82) is 0 Å². The first kappa shape index (κ1) is 14.7. The van der Waals surface area contributed by atoms with Crippen LogP contribution < -0.4 is 4.74 Å². The van der Waals surface area contributed by atoms with Gasteiger partial charge in [0.05, 0.1) is 4.47 Å². The average molecular weight is 334 g/mol. The molecule has 1 aliphatic heterocycles. The molecule has 1 aliphatic rings. The number of ether oxygens (including phenoxy) is 1. The second kappa shape index (κ2) is 6.66. The standard InChI is InChI=1S/C14H18BrF2NO/c1-10-4-2-3-7-18(10)9-11-5-6-13(12(15)8-11)19-14(16)17/h5-6,8,10,14H,2-4,7,9H2,1H3. The first-order chi connectivity index (χ1) is 9.06. The second-order valence-electron chi connectivity index (χ2n) is 4.96. The van der Waals surface area contributed by atoms with E-state index in [9.17, 15) is 8.78 Å². The lowest BCUT2D eigenvalue weighted by atomic mass is 10.0. The average Bonchev–Trinajstić information content (AvgIpc) is 2.35. The molecule has 2 nitrogen and oxygen atoms in total. The number of rotatable bonds is 4. The van der Waals surface area contributed by atoms with Crippen molar-refractivity contribution < 1.29 is 13.5 Å². The number of hydrogen-bond acceptors (Lipinski definition) is 2. The van der Waals surface area contributed by atoms with Crippen LogP contribution in [0.2, 0.25) is 0 Å². The predicted octanol–water partition coefficient (Wildman–Crippen LogP) is 4.42. The van der Waals surface area contributed by atoms with Crippen LogP contribution in [-0.2, 0) is 6.54 Å². The minimum atomic E-state index is -2.79. The number of nitrogens with zero attached hydrogens (tertiary/aromatic N) is 1. The zero-order chi connectivity index (χ0) is 13.8. The predicted molar refractivity (Wildman–Crippen MR) is 74.5 cm³/mol. The Hall–Kier alpha value is -0.680. The third-order valence-electron chi connectivity index (χ3n) is 3.54. The van der Waals surface area contributed by atoms with Crippen LogP contribution in [0.5, 0.6) is 5.75 Å². The van der Waals surface area contributed by atoms with E-state index in [2.05, 4.69) is 32.5 Å². The number of hydrogen-bond donors (Lipinski definition) is 0. The van der Waals surface area contributed by atoms with Crippen molar-refractivity contribution in [2.45, 2.75) is 45.4 Å². The van der Waals surface area contributed by atoms with Gasteiger partial charge in [0.15, 0.2) is 0 Å². The zero-order valence-electron chi connectivity index (χ0n) is 10.9. The fraction of sp³-hybridized carbons (Fsp3) is 0.571. The molecule has 0 aromatic heterocycles. The summed E-state index contributed by atoms with van der Waals surface area (Å²) in [4.78, 5) is 2.43. The quantitative estimate of drug-likeness (QED) is 0.808.